The standard InChI is InChI=1S/C28H33N7O2.H2S/c1-4-11-36-28-31-19(3)25-27(33-28)35(26(32-25)22-12-18(2)13-29-15-22)16-20-5-6-24(30-14-20)37-23-17-34-9-7-21(23)8-10-34;/h5-6,12-15,21,23H,4,7-11,16-17H2,1-3H3;1H2/t23-;/m1./s1. The molecule has 1 atom stereocenters. The molecule has 7 rings (SSSR count). The van der Waals surface area contributed by atoms with Gasteiger partial charge in [0.2, 0.25) is 5.88 Å². The van der Waals surface area contributed by atoms with Crippen LogP contribution in [0.25, 0.3) is 22.6 Å². The lowest BCUT2D eigenvalue weighted by molar-refractivity contribution is -0.00994. The van der Waals surface area contributed by atoms with E-state index in [1.165, 1.54) is 25.9 Å². The maximum Gasteiger partial charge on any atom is 0.318 e. The molecule has 0 N–H and O–H groups in total. The van der Waals surface area contributed by atoms with Gasteiger partial charge in [-0.3, -0.25) is 9.88 Å². The predicted octanol–water partition coefficient (Wildman–Crippen LogP) is 4.32. The lowest BCUT2D eigenvalue weighted by Gasteiger charge is -2.44. The summed E-state index contributed by atoms with van der Waals surface area (Å²) in [5.41, 5.74) is 5.33. The third-order valence-corrected chi connectivity index (χ3v) is 7.32. The second kappa shape index (κ2) is 11.2. The largest absolute Gasteiger partial charge is 0.473 e. The second-order valence-electron chi connectivity index (χ2n) is 10.2. The molecule has 0 spiro atoms. The first-order chi connectivity index (χ1) is 18.1. The van der Waals surface area contributed by atoms with Gasteiger partial charge in [0, 0.05) is 36.8 Å². The normalized spacial score (nSPS) is 20.3. The van der Waals surface area contributed by atoms with Crippen molar-refractivity contribution in [2.75, 3.05) is 26.2 Å². The van der Waals surface area contributed by atoms with Crippen LogP contribution in [0.15, 0.2) is 36.8 Å². The van der Waals surface area contributed by atoms with Crippen molar-refractivity contribution in [2.24, 2.45) is 5.92 Å². The number of rotatable bonds is 8. The van der Waals surface area contributed by atoms with Crippen molar-refractivity contribution in [3.63, 3.8) is 0 Å². The SMILES string of the molecule is CCCOc1nc(C)c2nc(-c3cncc(C)c3)n(Cc3ccc(O[C@@H]4CN5CCC4CC5)nc3)c2n1.S. The van der Waals surface area contributed by atoms with Gasteiger partial charge in [-0.25, -0.2) is 9.97 Å². The van der Waals surface area contributed by atoms with Crippen LogP contribution in [0.1, 0.15) is 43.0 Å². The molecule has 0 saturated carbocycles. The summed E-state index contributed by atoms with van der Waals surface area (Å²) in [6.07, 6.45) is 9.14. The van der Waals surface area contributed by atoms with E-state index < -0.39 is 0 Å². The van der Waals surface area contributed by atoms with E-state index in [9.17, 15) is 0 Å². The zero-order chi connectivity index (χ0) is 25.4. The molecule has 3 aliphatic rings. The number of nitrogens with zero attached hydrogens (tertiary/aromatic N) is 7. The van der Waals surface area contributed by atoms with Crippen LogP contribution in [0, 0.1) is 19.8 Å². The molecule has 3 aliphatic heterocycles. The van der Waals surface area contributed by atoms with Crippen LogP contribution in [-0.4, -0.2) is 66.7 Å². The van der Waals surface area contributed by atoms with Gasteiger partial charge in [0.05, 0.1) is 18.8 Å². The molecule has 0 amide bonds. The number of hydrogen-bond donors (Lipinski definition) is 0. The van der Waals surface area contributed by atoms with Crippen molar-refractivity contribution < 1.29 is 9.47 Å². The molecule has 9 nitrogen and oxygen atoms in total. The average molecular weight is 534 g/mol. The molecule has 0 radical (unpaired) electrons. The van der Waals surface area contributed by atoms with Gasteiger partial charge in [-0.2, -0.15) is 23.5 Å². The van der Waals surface area contributed by atoms with E-state index in [1.54, 1.807) is 0 Å². The van der Waals surface area contributed by atoms with Gasteiger partial charge in [-0.15, -0.1) is 0 Å². The van der Waals surface area contributed by atoms with Gasteiger partial charge in [-0.05, 0) is 69.3 Å². The summed E-state index contributed by atoms with van der Waals surface area (Å²) in [6.45, 7) is 10.6. The number of piperidine rings is 3. The fourth-order valence-electron chi connectivity index (χ4n) is 5.37. The van der Waals surface area contributed by atoms with Crippen molar-refractivity contribution in [3.8, 4) is 23.3 Å². The van der Waals surface area contributed by atoms with Crippen LogP contribution < -0.4 is 9.47 Å². The molecule has 10 heteroatoms. The first-order valence-electron chi connectivity index (χ1n) is 13.2. The third kappa shape index (κ3) is 5.33. The van der Waals surface area contributed by atoms with E-state index in [4.69, 9.17) is 19.4 Å². The Morgan fingerprint density at radius 1 is 1.03 bits per heavy atom. The number of ether oxygens (including phenoxy) is 2. The lowest BCUT2D eigenvalue weighted by Crippen LogP contribution is -2.52. The maximum absolute atomic E-state index is 6.31. The van der Waals surface area contributed by atoms with Crippen LogP contribution in [0.2, 0.25) is 0 Å². The Balaban J connectivity index is 0.00000294. The number of pyridine rings is 2. The van der Waals surface area contributed by atoms with E-state index >= 15 is 0 Å². The first kappa shape index (κ1) is 26.4. The van der Waals surface area contributed by atoms with Gasteiger partial charge in [0.1, 0.15) is 17.4 Å². The monoisotopic (exact) mass is 533 g/mol. The van der Waals surface area contributed by atoms with Gasteiger partial charge in [0.15, 0.2) is 5.65 Å². The van der Waals surface area contributed by atoms with Crippen LogP contribution in [-0.2, 0) is 6.54 Å². The highest BCUT2D eigenvalue weighted by molar-refractivity contribution is 7.59. The van der Waals surface area contributed by atoms with Gasteiger partial charge >= 0.3 is 6.01 Å². The first-order valence-corrected chi connectivity index (χ1v) is 13.2. The maximum atomic E-state index is 6.31. The summed E-state index contributed by atoms with van der Waals surface area (Å²) in [5.74, 6) is 2.12. The van der Waals surface area contributed by atoms with E-state index in [0.717, 1.165) is 52.3 Å². The Hall–Kier alpha value is -3.24. The molecule has 7 heterocycles. The minimum Gasteiger partial charge on any atom is -0.473 e. The zero-order valence-electron chi connectivity index (χ0n) is 22.2. The van der Waals surface area contributed by atoms with Gasteiger partial charge in [-0.1, -0.05) is 13.0 Å². The molecule has 200 valence electrons. The van der Waals surface area contributed by atoms with Crippen LogP contribution in [0.4, 0.5) is 0 Å². The second-order valence-corrected chi connectivity index (χ2v) is 10.2. The molecule has 4 aromatic heterocycles. The molecule has 0 unspecified atom stereocenters. The van der Waals surface area contributed by atoms with Crippen molar-refractivity contribution in [3.05, 3.63) is 53.6 Å². The van der Waals surface area contributed by atoms with Crippen molar-refractivity contribution in [2.45, 2.75) is 52.7 Å². The minimum atomic E-state index is 0. The summed E-state index contributed by atoms with van der Waals surface area (Å²) < 4.78 is 14.2. The van der Waals surface area contributed by atoms with Crippen LogP contribution in [0.5, 0.6) is 11.9 Å². The number of fused-ring (bicyclic) bond motifs is 4. The highest BCUT2D eigenvalue weighted by atomic mass is 32.1. The summed E-state index contributed by atoms with van der Waals surface area (Å²) in [5, 5.41) is 0. The lowest BCUT2D eigenvalue weighted by atomic mass is 9.86. The topological polar surface area (TPSA) is 91.1 Å². The number of aryl methyl sites for hydroxylation is 2. The predicted molar refractivity (Wildman–Crippen MR) is 151 cm³/mol. The zero-order valence-corrected chi connectivity index (χ0v) is 23.2. The van der Waals surface area contributed by atoms with E-state index in [-0.39, 0.29) is 19.6 Å². The summed E-state index contributed by atoms with van der Waals surface area (Å²) in [7, 11) is 0. The Morgan fingerprint density at radius 2 is 1.87 bits per heavy atom. The highest BCUT2D eigenvalue weighted by Gasteiger charge is 2.35. The summed E-state index contributed by atoms with van der Waals surface area (Å²) >= 11 is 0. The molecular weight excluding hydrogens is 498 g/mol. The molecular formula is C28H35N7O2S. The minimum absolute atomic E-state index is 0. The van der Waals surface area contributed by atoms with Crippen LogP contribution in [0.3, 0.4) is 0 Å². The molecule has 38 heavy (non-hydrogen) atoms. The molecule has 3 fully saturated rings. The Bertz CT molecular complexity index is 1400. The Kier molecular flexibility index (Phi) is 7.80. The molecule has 4 aromatic rings. The molecule has 0 aromatic carbocycles. The average Bonchev–Trinajstić information content (AvgIpc) is 3.28. The summed E-state index contributed by atoms with van der Waals surface area (Å²) in [6, 6.07) is 6.53. The molecule has 2 bridgehead atoms. The van der Waals surface area contributed by atoms with E-state index in [0.29, 0.717) is 31.0 Å². The molecule has 3 saturated heterocycles. The fraction of sp³-hybridized carbons (Fsp3) is 0.464. The number of hydrogen-bond acceptors (Lipinski definition) is 8. The van der Waals surface area contributed by atoms with Crippen molar-refractivity contribution >= 4 is 24.7 Å². The number of imidazole rings is 1. The summed E-state index contributed by atoms with van der Waals surface area (Å²) in [4.78, 5) is 25.8. The highest BCUT2D eigenvalue weighted by Crippen LogP contribution is 2.31. The van der Waals surface area contributed by atoms with E-state index in [1.807, 2.05) is 38.5 Å². The number of aromatic nitrogens is 6. The van der Waals surface area contributed by atoms with Gasteiger partial charge in [0.25, 0.3) is 0 Å². The molecule has 0 aliphatic carbocycles. The Morgan fingerprint density at radius 3 is 2.55 bits per heavy atom. The smallest absolute Gasteiger partial charge is 0.318 e. The quantitative estimate of drug-likeness (QED) is 0.331. The van der Waals surface area contributed by atoms with E-state index in [2.05, 4.69) is 43.5 Å². The third-order valence-electron chi connectivity index (χ3n) is 7.32. The fourth-order valence-corrected chi connectivity index (χ4v) is 5.37. The van der Waals surface area contributed by atoms with Crippen molar-refractivity contribution in [1.82, 2.24) is 34.4 Å². The van der Waals surface area contributed by atoms with Crippen molar-refractivity contribution in [1.29, 1.82) is 0 Å². The van der Waals surface area contributed by atoms with Crippen LogP contribution >= 0.6 is 13.5 Å². The Labute approximate surface area is 230 Å². The van der Waals surface area contributed by atoms with Gasteiger partial charge < -0.3 is 14.0 Å².